The Morgan fingerprint density at radius 2 is 1.00 bits per heavy atom. The Morgan fingerprint density at radius 3 is 1.50 bits per heavy atom. The smallest absolute Gasteiger partial charge is 0.744 e. The number of phenols is 2. The van der Waals surface area contributed by atoms with Gasteiger partial charge in [0.25, 0.3) is 0 Å². The molecule has 0 radical (unpaired) electrons. The number of azo groups is 2. The van der Waals surface area contributed by atoms with Crippen LogP contribution in [0, 0.1) is 0 Å². The number of anilines is 2. The fraction of sp³-hybridized carbons (Fsp3) is 0.0500. The number of nitrogens with one attached hydrogen (secondary N) is 1. The van der Waals surface area contributed by atoms with Crippen LogP contribution in [0.4, 0.5) is 34.1 Å². The van der Waals surface area contributed by atoms with E-state index in [0.717, 1.165) is 30.0 Å². The van der Waals surface area contributed by atoms with Crippen molar-refractivity contribution in [2.45, 2.75) is 14.7 Å². The van der Waals surface area contributed by atoms with Crippen molar-refractivity contribution < 1.29 is 147 Å². The summed E-state index contributed by atoms with van der Waals surface area (Å²) in [5.41, 5.74) is 0.857. The van der Waals surface area contributed by atoms with Crippen LogP contribution < -0.4 is 103 Å². The van der Waals surface area contributed by atoms with Crippen LogP contribution in [0.1, 0.15) is 0 Å². The second-order valence-electron chi connectivity index (χ2n) is 13.0. The van der Waals surface area contributed by atoms with Crippen LogP contribution in [0.5, 0.6) is 23.0 Å². The number of benzene rings is 7. The van der Waals surface area contributed by atoms with Crippen molar-refractivity contribution in [3.63, 3.8) is 0 Å². The number of hydrogen-bond donors (Lipinski definition) is 3. The average molecular weight is 952 g/mol. The fourth-order valence-corrected chi connectivity index (χ4v) is 8.36. The number of phenolic OH excluding ortho intramolecular Hbond substituents is 2. The van der Waals surface area contributed by atoms with Crippen molar-refractivity contribution in [1.82, 2.24) is 0 Å². The predicted octanol–water partition coefficient (Wildman–Crippen LogP) is -0.613. The molecule has 0 atom stereocenters. The molecule has 0 saturated carbocycles. The van der Waals surface area contributed by atoms with Gasteiger partial charge in [-0.3, -0.25) is 0 Å². The van der Waals surface area contributed by atoms with Crippen molar-refractivity contribution in [3.8, 4) is 34.1 Å². The van der Waals surface area contributed by atoms with Crippen LogP contribution >= 0.6 is 0 Å². The number of methoxy groups -OCH3 is 2. The Balaban J connectivity index is 0.00000299. The minimum atomic E-state index is -5.32. The summed E-state index contributed by atoms with van der Waals surface area (Å²) in [5.74, 6) is -1.49. The molecule has 0 aliphatic carbocycles. The molecule has 312 valence electrons. The van der Waals surface area contributed by atoms with Gasteiger partial charge in [0.05, 0.1) is 28.9 Å². The second kappa shape index (κ2) is 21.1. The molecule has 0 aliphatic heterocycles. The molecule has 0 spiro atoms. The summed E-state index contributed by atoms with van der Waals surface area (Å²) in [6, 6.07) is 28.0. The normalized spacial score (nSPS) is 11.8. The van der Waals surface area contributed by atoms with Crippen LogP contribution in [0.2, 0.25) is 0 Å². The summed E-state index contributed by atoms with van der Waals surface area (Å²) in [6.07, 6.45) is 0. The van der Waals surface area contributed by atoms with Gasteiger partial charge in [-0.1, -0.05) is 42.5 Å². The zero-order valence-electron chi connectivity index (χ0n) is 34.4. The first-order chi connectivity index (χ1) is 28.9. The van der Waals surface area contributed by atoms with Gasteiger partial charge in [0.1, 0.15) is 64.6 Å². The maximum absolute atomic E-state index is 12.4. The molecule has 7 aromatic carbocycles. The van der Waals surface area contributed by atoms with E-state index in [1.54, 1.807) is 24.3 Å². The number of ether oxygens (including phenoxy) is 2. The predicted molar refractivity (Wildman–Crippen MR) is 218 cm³/mol. The monoisotopic (exact) mass is 951 g/mol. The molecule has 7 aromatic rings. The van der Waals surface area contributed by atoms with Gasteiger partial charge >= 0.3 is 88.7 Å². The van der Waals surface area contributed by atoms with Crippen LogP contribution in [0.3, 0.4) is 0 Å². The molecule has 0 bridgehead atoms. The van der Waals surface area contributed by atoms with Crippen molar-refractivity contribution in [1.29, 1.82) is 0 Å². The Morgan fingerprint density at radius 1 is 0.500 bits per heavy atom. The number of fused-ring (bicyclic) bond motifs is 2. The molecule has 64 heavy (non-hydrogen) atoms. The van der Waals surface area contributed by atoms with Crippen molar-refractivity contribution in [2.75, 3.05) is 19.5 Å². The van der Waals surface area contributed by atoms with Gasteiger partial charge in [0.15, 0.2) is 11.5 Å². The molecule has 0 heterocycles. The zero-order valence-corrected chi connectivity index (χ0v) is 42.8. The van der Waals surface area contributed by atoms with Crippen LogP contribution in [-0.4, -0.2) is 63.3 Å². The van der Waals surface area contributed by atoms with E-state index in [1.165, 1.54) is 50.6 Å². The van der Waals surface area contributed by atoms with Gasteiger partial charge in [-0.15, -0.1) is 20.5 Å². The second-order valence-corrected chi connectivity index (χ2v) is 17.0. The molecule has 7 rings (SSSR count). The largest absolute Gasteiger partial charge is 1.00 e. The summed E-state index contributed by atoms with van der Waals surface area (Å²) in [6.45, 7) is 0. The quantitative estimate of drug-likeness (QED) is 0.0783. The minimum absolute atomic E-state index is 0. The molecule has 0 aromatic heterocycles. The number of nitrogens with zero attached hydrogens (tertiary/aromatic N) is 4. The first kappa shape index (κ1) is 52.6. The maximum Gasteiger partial charge on any atom is 1.00 e. The van der Waals surface area contributed by atoms with Gasteiger partial charge in [0.2, 0.25) is 0 Å². The Labute approximate surface area is 432 Å². The topological polar surface area (TPSA) is 292 Å². The van der Waals surface area contributed by atoms with Crippen molar-refractivity contribution in [3.05, 3.63) is 115 Å². The molecule has 18 nitrogen and oxygen atoms in total. The van der Waals surface area contributed by atoms with E-state index in [4.69, 9.17) is 9.47 Å². The van der Waals surface area contributed by atoms with Crippen molar-refractivity contribution >= 4 is 86.0 Å². The number of hydrogen-bond acceptors (Lipinski definition) is 18. The summed E-state index contributed by atoms with van der Waals surface area (Å²) >= 11 is 0. The van der Waals surface area contributed by atoms with E-state index in [2.05, 4.69) is 25.8 Å². The van der Waals surface area contributed by atoms with Gasteiger partial charge in [0, 0.05) is 22.1 Å². The number of aromatic hydroxyl groups is 2. The summed E-state index contributed by atoms with van der Waals surface area (Å²) in [7, 11) is -13.0. The van der Waals surface area contributed by atoms with Gasteiger partial charge < -0.3 is 38.7 Å². The van der Waals surface area contributed by atoms with Crippen LogP contribution in [0.25, 0.3) is 32.7 Å². The number of rotatable bonds is 12. The van der Waals surface area contributed by atoms with E-state index < -0.39 is 73.3 Å². The maximum atomic E-state index is 12.4. The van der Waals surface area contributed by atoms with Crippen LogP contribution in [0.15, 0.2) is 150 Å². The first-order valence-electron chi connectivity index (χ1n) is 17.4. The molecular weight excluding hydrogens is 924 g/mol. The summed E-state index contributed by atoms with van der Waals surface area (Å²) < 4.78 is 121. The third-order valence-electron chi connectivity index (χ3n) is 9.17. The Bertz CT molecular complexity index is 3330. The minimum Gasteiger partial charge on any atom is -0.744 e. The SMILES string of the molecule is COc1cc(-c2ccc(N=Nc3c(S(=O)(=O)[O-])cc4cccc(S(=O)(=O)[O-])c4c3O)c(OC)c2)ccc1N=Nc1c(S(=O)(=O)[O-])cc2cc(Nc3ccccc3)ccc2c1O.[Na+].[Na+].[Na+]. The van der Waals surface area contributed by atoms with Crippen molar-refractivity contribution in [2.24, 2.45) is 20.5 Å². The molecule has 0 unspecified atom stereocenters. The molecular formula is C40H28N5Na3O13S3. The average Bonchev–Trinajstić information content (AvgIpc) is 3.21. The van der Waals surface area contributed by atoms with Crippen LogP contribution in [-0.2, 0) is 30.4 Å². The molecule has 24 heteroatoms. The van der Waals surface area contributed by atoms with E-state index >= 15 is 0 Å². The molecule has 3 N–H and O–H groups in total. The summed E-state index contributed by atoms with van der Waals surface area (Å²) in [5, 5.41) is 40.8. The van der Waals surface area contributed by atoms with E-state index in [9.17, 15) is 49.1 Å². The third kappa shape index (κ3) is 11.3. The summed E-state index contributed by atoms with van der Waals surface area (Å²) in [4.78, 5) is -2.72. The van der Waals surface area contributed by atoms with Gasteiger partial charge in [-0.2, -0.15) is 0 Å². The Kier molecular flexibility index (Phi) is 17.3. The molecule has 0 saturated heterocycles. The van der Waals surface area contributed by atoms with E-state index in [-0.39, 0.29) is 128 Å². The fourth-order valence-electron chi connectivity index (χ4n) is 6.35. The zero-order chi connectivity index (χ0) is 43.9. The number of para-hydroxylation sites is 1. The first-order valence-corrected chi connectivity index (χ1v) is 21.6. The standard InChI is InChI=1S/C40H31N5O13S3.3Na/c1-57-31-18-22(11-15-29(31)42-44-37-35(61(54,55)56)21-25-17-27(13-14-28(25)39(37)46)41-26-8-4-3-5-9-26)23-12-16-30(32(19-23)58-2)43-45-38-34(60(51,52)53)20-24-7-6-10-33(59(48,49)50)36(24)40(38)47;;;/h3-21,41,46-47H,1-2H3,(H,48,49,50)(H,51,52,53)(H,54,55,56);;;/q;3*+1/p-3. The van der Waals surface area contributed by atoms with Gasteiger partial charge in [-0.05, 0) is 94.7 Å². The molecule has 0 amide bonds. The van der Waals surface area contributed by atoms with E-state index in [0.29, 0.717) is 16.8 Å². The van der Waals surface area contributed by atoms with E-state index in [1.807, 2.05) is 30.3 Å². The third-order valence-corrected chi connectivity index (χ3v) is 11.7. The Hall–Kier alpha value is -4.01. The molecule has 0 aliphatic rings. The molecule has 0 fully saturated rings. The van der Waals surface area contributed by atoms with Gasteiger partial charge in [-0.25, -0.2) is 25.3 Å².